The maximum Gasteiger partial charge on any atom is 0.259 e. The fourth-order valence-corrected chi connectivity index (χ4v) is 2.13. The highest BCUT2D eigenvalue weighted by atomic mass is 79.9. The van der Waals surface area contributed by atoms with Crippen LogP contribution in [0.1, 0.15) is 29.4 Å². The molecule has 0 unspecified atom stereocenters. The molecule has 0 spiro atoms. The maximum absolute atomic E-state index is 12.5. The molecule has 1 amide bonds. The summed E-state index contributed by atoms with van der Waals surface area (Å²) in [4.78, 5) is 20.9. The summed E-state index contributed by atoms with van der Waals surface area (Å²) < 4.78 is 0.762. The first-order chi connectivity index (χ1) is 10.1. The van der Waals surface area contributed by atoms with Crippen LogP contribution < -0.4 is 10.6 Å². The van der Waals surface area contributed by atoms with Gasteiger partial charge >= 0.3 is 0 Å². The molecule has 0 aliphatic rings. The molecule has 0 atom stereocenters. The van der Waals surface area contributed by atoms with Gasteiger partial charge in [-0.2, -0.15) is 0 Å². The third-order valence-corrected chi connectivity index (χ3v) is 3.33. The highest BCUT2D eigenvalue weighted by Gasteiger charge is 2.14. The number of nitrogens with zero attached hydrogens (tertiary/aromatic N) is 2. The average Bonchev–Trinajstić information content (AvgIpc) is 2.48. The van der Waals surface area contributed by atoms with Crippen LogP contribution in [0.15, 0.2) is 35.1 Å². The Kier molecular flexibility index (Phi) is 5.27. The smallest absolute Gasteiger partial charge is 0.259 e. The Hall–Kier alpha value is -1.95. The van der Waals surface area contributed by atoms with E-state index in [0.717, 1.165) is 23.1 Å². The molecule has 0 saturated carbocycles. The summed E-state index contributed by atoms with van der Waals surface area (Å²) in [6, 6.07) is 5.37. The Morgan fingerprint density at radius 3 is 2.90 bits per heavy atom. The van der Waals surface area contributed by atoms with Crippen LogP contribution in [0.3, 0.4) is 0 Å². The minimum absolute atomic E-state index is 0.210. The third-order valence-electron chi connectivity index (χ3n) is 2.90. The fourth-order valence-electron chi connectivity index (χ4n) is 1.80. The molecule has 0 aliphatic heterocycles. The van der Waals surface area contributed by atoms with Crippen molar-refractivity contribution in [1.82, 2.24) is 9.97 Å². The summed E-state index contributed by atoms with van der Waals surface area (Å²) in [6.07, 6.45) is 4.32. The molecule has 0 fully saturated rings. The number of hydrogen-bond donors (Lipinski definition) is 2. The van der Waals surface area contributed by atoms with Crippen LogP contribution in [-0.4, -0.2) is 22.4 Å². The molecular formula is C15H17BrN4O. The Morgan fingerprint density at radius 2 is 2.19 bits per heavy atom. The van der Waals surface area contributed by atoms with E-state index in [0.29, 0.717) is 17.1 Å². The van der Waals surface area contributed by atoms with Crippen molar-refractivity contribution in [2.75, 3.05) is 17.2 Å². The summed E-state index contributed by atoms with van der Waals surface area (Å²) >= 11 is 3.35. The van der Waals surface area contributed by atoms with E-state index in [1.165, 1.54) is 0 Å². The van der Waals surface area contributed by atoms with E-state index in [2.05, 4.69) is 43.5 Å². The van der Waals surface area contributed by atoms with Crippen LogP contribution in [0.2, 0.25) is 0 Å². The van der Waals surface area contributed by atoms with Crippen molar-refractivity contribution in [1.29, 1.82) is 0 Å². The van der Waals surface area contributed by atoms with E-state index in [-0.39, 0.29) is 5.91 Å². The molecule has 0 aromatic carbocycles. The molecule has 21 heavy (non-hydrogen) atoms. The highest BCUT2D eigenvalue weighted by molar-refractivity contribution is 9.10. The minimum atomic E-state index is -0.210. The first-order valence-corrected chi connectivity index (χ1v) is 7.53. The van der Waals surface area contributed by atoms with Crippen LogP contribution >= 0.6 is 15.9 Å². The SMILES string of the molecule is CCCNc1ncc(Br)cc1C(=O)Nc1cccnc1C. The monoisotopic (exact) mass is 348 g/mol. The Labute approximate surface area is 132 Å². The van der Waals surface area contributed by atoms with E-state index in [1.54, 1.807) is 24.5 Å². The predicted molar refractivity (Wildman–Crippen MR) is 87.6 cm³/mol. The molecule has 0 aliphatic carbocycles. The lowest BCUT2D eigenvalue weighted by Crippen LogP contribution is -2.17. The van der Waals surface area contributed by atoms with Gasteiger partial charge in [-0.15, -0.1) is 0 Å². The third kappa shape index (κ3) is 4.01. The zero-order valence-electron chi connectivity index (χ0n) is 12.0. The topological polar surface area (TPSA) is 66.9 Å². The standard InChI is InChI=1S/C15H17BrN4O/c1-3-6-18-14-12(8-11(16)9-19-14)15(21)20-13-5-4-7-17-10(13)2/h4-5,7-9H,3,6H2,1-2H3,(H,18,19)(H,20,21). The van der Waals surface area contributed by atoms with Crippen LogP contribution in [0, 0.1) is 6.92 Å². The molecule has 2 aromatic rings. The van der Waals surface area contributed by atoms with Crippen molar-refractivity contribution < 1.29 is 4.79 Å². The molecule has 0 saturated heterocycles. The lowest BCUT2D eigenvalue weighted by molar-refractivity contribution is 0.102. The Bertz CT molecular complexity index is 645. The van der Waals surface area contributed by atoms with Gasteiger partial charge in [0.25, 0.3) is 5.91 Å². The second-order valence-corrected chi connectivity index (χ2v) is 5.48. The van der Waals surface area contributed by atoms with Crippen molar-refractivity contribution in [2.24, 2.45) is 0 Å². The van der Waals surface area contributed by atoms with Crippen LogP contribution in [-0.2, 0) is 0 Å². The zero-order valence-corrected chi connectivity index (χ0v) is 13.6. The van der Waals surface area contributed by atoms with Gasteiger partial charge in [0.05, 0.1) is 16.9 Å². The van der Waals surface area contributed by atoms with Crippen LogP contribution in [0.25, 0.3) is 0 Å². The normalized spacial score (nSPS) is 10.2. The predicted octanol–water partition coefficient (Wildman–Crippen LogP) is 3.62. The number of nitrogens with one attached hydrogen (secondary N) is 2. The van der Waals surface area contributed by atoms with E-state index in [9.17, 15) is 4.79 Å². The van der Waals surface area contributed by atoms with Gasteiger partial charge in [0, 0.05) is 23.4 Å². The first-order valence-electron chi connectivity index (χ1n) is 6.74. The molecule has 5 nitrogen and oxygen atoms in total. The second-order valence-electron chi connectivity index (χ2n) is 4.57. The summed E-state index contributed by atoms with van der Waals surface area (Å²) in [5.41, 5.74) is 1.97. The summed E-state index contributed by atoms with van der Waals surface area (Å²) in [5.74, 6) is 0.373. The quantitative estimate of drug-likeness (QED) is 0.865. The van der Waals surface area contributed by atoms with Gasteiger partial charge < -0.3 is 10.6 Å². The van der Waals surface area contributed by atoms with Gasteiger partial charge in [-0.25, -0.2) is 4.98 Å². The van der Waals surface area contributed by atoms with Crippen molar-refractivity contribution in [3.05, 3.63) is 46.3 Å². The summed E-state index contributed by atoms with van der Waals surface area (Å²) in [6.45, 7) is 4.68. The van der Waals surface area contributed by atoms with E-state index in [4.69, 9.17) is 0 Å². The van der Waals surface area contributed by atoms with Gasteiger partial charge in [-0.3, -0.25) is 9.78 Å². The van der Waals surface area contributed by atoms with Crippen LogP contribution in [0.5, 0.6) is 0 Å². The second kappa shape index (κ2) is 7.17. The Balaban J connectivity index is 2.25. The van der Waals surface area contributed by atoms with Gasteiger partial charge in [-0.1, -0.05) is 6.92 Å². The Morgan fingerprint density at radius 1 is 1.38 bits per heavy atom. The number of aromatic nitrogens is 2. The lowest BCUT2D eigenvalue weighted by Gasteiger charge is -2.12. The largest absolute Gasteiger partial charge is 0.369 e. The lowest BCUT2D eigenvalue weighted by atomic mass is 10.2. The number of anilines is 2. The van der Waals surface area contributed by atoms with Crippen molar-refractivity contribution in [3.63, 3.8) is 0 Å². The van der Waals surface area contributed by atoms with Crippen molar-refractivity contribution in [2.45, 2.75) is 20.3 Å². The van der Waals surface area contributed by atoms with E-state index < -0.39 is 0 Å². The minimum Gasteiger partial charge on any atom is -0.369 e. The summed E-state index contributed by atoms with van der Waals surface area (Å²) in [7, 11) is 0. The highest BCUT2D eigenvalue weighted by Crippen LogP contribution is 2.20. The number of aryl methyl sites for hydroxylation is 1. The van der Waals surface area contributed by atoms with Crippen LogP contribution in [0.4, 0.5) is 11.5 Å². The fraction of sp³-hybridized carbons (Fsp3) is 0.267. The maximum atomic E-state index is 12.5. The average molecular weight is 349 g/mol. The van der Waals surface area contributed by atoms with Crippen molar-refractivity contribution in [3.8, 4) is 0 Å². The molecule has 0 radical (unpaired) electrons. The van der Waals surface area contributed by atoms with Gasteiger partial charge in [-0.05, 0) is 47.5 Å². The molecule has 2 rings (SSSR count). The van der Waals surface area contributed by atoms with Gasteiger partial charge in [0.15, 0.2) is 0 Å². The molecule has 0 bridgehead atoms. The summed E-state index contributed by atoms with van der Waals surface area (Å²) in [5, 5.41) is 6.03. The number of amides is 1. The molecule has 2 heterocycles. The van der Waals surface area contributed by atoms with E-state index in [1.807, 2.05) is 13.0 Å². The first kappa shape index (κ1) is 15.4. The van der Waals surface area contributed by atoms with Gasteiger partial charge in [0.1, 0.15) is 5.82 Å². The molecule has 110 valence electrons. The molecule has 2 aromatic heterocycles. The molecule has 2 N–H and O–H groups in total. The number of carbonyl (C=O) groups is 1. The molecular weight excluding hydrogens is 332 g/mol. The zero-order chi connectivity index (χ0) is 15.2. The van der Waals surface area contributed by atoms with Crippen molar-refractivity contribution >= 4 is 33.3 Å². The number of carbonyl (C=O) groups excluding carboxylic acids is 1. The van der Waals surface area contributed by atoms with Gasteiger partial charge in [0.2, 0.25) is 0 Å². The number of halogens is 1. The number of hydrogen-bond acceptors (Lipinski definition) is 4. The number of pyridine rings is 2. The molecule has 6 heteroatoms. The van der Waals surface area contributed by atoms with E-state index >= 15 is 0 Å². The number of rotatable bonds is 5.